The quantitative estimate of drug-likeness (QED) is 0.704. The highest BCUT2D eigenvalue weighted by atomic mass is 16.4. The Bertz CT molecular complexity index is 1030. The maximum absolute atomic E-state index is 12.6. The van der Waals surface area contributed by atoms with Gasteiger partial charge in [-0.15, -0.1) is 0 Å². The SMILES string of the molecule is Cc1cccc(-c2nc(C#N)c(N3CCN(C(=O)c4ccccc4)CC3)o2)c1. The first-order chi connectivity index (χ1) is 13.7. The number of amides is 1. The number of carbonyl (C=O) groups excluding carboxylic acids is 1. The van der Waals surface area contributed by atoms with E-state index in [1.54, 1.807) is 0 Å². The van der Waals surface area contributed by atoms with Crippen molar-refractivity contribution in [2.24, 2.45) is 0 Å². The number of hydrogen-bond acceptors (Lipinski definition) is 5. The molecule has 2 heterocycles. The largest absolute Gasteiger partial charge is 0.419 e. The summed E-state index contributed by atoms with van der Waals surface area (Å²) in [7, 11) is 0. The molecule has 1 aromatic heterocycles. The molecule has 2 aromatic carbocycles. The third kappa shape index (κ3) is 3.47. The van der Waals surface area contributed by atoms with Crippen molar-refractivity contribution < 1.29 is 9.21 Å². The molecule has 6 nitrogen and oxygen atoms in total. The van der Waals surface area contributed by atoms with Gasteiger partial charge in [0.05, 0.1) is 0 Å². The second-order valence-corrected chi connectivity index (χ2v) is 6.80. The van der Waals surface area contributed by atoms with E-state index in [1.165, 1.54) is 0 Å². The minimum Gasteiger partial charge on any atom is -0.419 e. The van der Waals surface area contributed by atoms with Gasteiger partial charge < -0.3 is 14.2 Å². The van der Waals surface area contributed by atoms with Crippen LogP contribution in [0.5, 0.6) is 0 Å². The summed E-state index contributed by atoms with van der Waals surface area (Å²) in [5.74, 6) is 0.947. The van der Waals surface area contributed by atoms with Crippen molar-refractivity contribution >= 4 is 11.8 Å². The summed E-state index contributed by atoms with van der Waals surface area (Å²) in [6, 6.07) is 19.2. The number of anilines is 1. The van der Waals surface area contributed by atoms with Crippen LogP contribution >= 0.6 is 0 Å². The molecule has 0 spiro atoms. The Hall–Kier alpha value is -3.59. The molecule has 28 heavy (non-hydrogen) atoms. The van der Waals surface area contributed by atoms with E-state index in [4.69, 9.17) is 4.42 Å². The number of piperazine rings is 1. The van der Waals surface area contributed by atoms with Crippen LogP contribution in [-0.2, 0) is 0 Å². The summed E-state index contributed by atoms with van der Waals surface area (Å²) < 4.78 is 5.96. The molecule has 1 fully saturated rings. The summed E-state index contributed by atoms with van der Waals surface area (Å²) in [5.41, 5.74) is 2.92. The van der Waals surface area contributed by atoms with Gasteiger partial charge in [0.25, 0.3) is 5.91 Å². The first-order valence-corrected chi connectivity index (χ1v) is 9.23. The summed E-state index contributed by atoms with van der Waals surface area (Å²) in [4.78, 5) is 20.8. The number of nitrogens with zero attached hydrogens (tertiary/aromatic N) is 4. The molecule has 0 N–H and O–H groups in total. The van der Waals surface area contributed by atoms with Crippen molar-refractivity contribution in [2.75, 3.05) is 31.1 Å². The van der Waals surface area contributed by atoms with Crippen molar-refractivity contribution in [2.45, 2.75) is 6.92 Å². The Kier molecular flexibility index (Phi) is 4.81. The van der Waals surface area contributed by atoms with Crippen LogP contribution in [-0.4, -0.2) is 42.0 Å². The Balaban J connectivity index is 1.50. The molecule has 1 aliphatic heterocycles. The van der Waals surface area contributed by atoms with E-state index in [-0.39, 0.29) is 11.6 Å². The average Bonchev–Trinajstić information content (AvgIpc) is 3.18. The van der Waals surface area contributed by atoms with Gasteiger partial charge in [-0.25, -0.2) is 0 Å². The van der Waals surface area contributed by atoms with Crippen LogP contribution in [0.3, 0.4) is 0 Å². The Labute approximate surface area is 163 Å². The summed E-state index contributed by atoms with van der Waals surface area (Å²) >= 11 is 0. The lowest BCUT2D eigenvalue weighted by molar-refractivity contribution is 0.0745. The van der Waals surface area contributed by atoms with E-state index >= 15 is 0 Å². The van der Waals surface area contributed by atoms with E-state index < -0.39 is 0 Å². The molecule has 1 amide bonds. The van der Waals surface area contributed by atoms with Crippen LogP contribution in [0.2, 0.25) is 0 Å². The number of oxazole rings is 1. The van der Waals surface area contributed by atoms with E-state index in [0.29, 0.717) is 43.5 Å². The van der Waals surface area contributed by atoms with Gasteiger partial charge in [-0.05, 0) is 31.2 Å². The fourth-order valence-corrected chi connectivity index (χ4v) is 3.38. The van der Waals surface area contributed by atoms with Gasteiger partial charge in [-0.3, -0.25) is 4.79 Å². The second kappa shape index (κ2) is 7.57. The highest BCUT2D eigenvalue weighted by molar-refractivity contribution is 5.94. The summed E-state index contributed by atoms with van der Waals surface area (Å²) in [6.45, 7) is 4.32. The fourth-order valence-electron chi connectivity index (χ4n) is 3.38. The predicted octanol–water partition coefficient (Wildman–Crippen LogP) is 3.48. The Morgan fingerprint density at radius 1 is 1.07 bits per heavy atom. The fraction of sp³-hybridized carbons (Fsp3) is 0.227. The molecule has 0 aliphatic carbocycles. The van der Waals surface area contributed by atoms with E-state index in [9.17, 15) is 10.1 Å². The number of carbonyl (C=O) groups is 1. The van der Waals surface area contributed by atoms with E-state index in [0.717, 1.165) is 11.1 Å². The van der Waals surface area contributed by atoms with Crippen LogP contribution in [0.1, 0.15) is 21.6 Å². The smallest absolute Gasteiger partial charge is 0.253 e. The van der Waals surface area contributed by atoms with Gasteiger partial charge in [0.2, 0.25) is 17.5 Å². The van der Waals surface area contributed by atoms with Crippen LogP contribution < -0.4 is 4.90 Å². The maximum atomic E-state index is 12.6. The van der Waals surface area contributed by atoms with Crippen molar-refractivity contribution in [3.05, 3.63) is 71.4 Å². The number of rotatable bonds is 3. The molecule has 0 radical (unpaired) electrons. The van der Waals surface area contributed by atoms with Crippen molar-refractivity contribution in [1.82, 2.24) is 9.88 Å². The zero-order valence-corrected chi connectivity index (χ0v) is 15.6. The molecule has 3 aromatic rings. The second-order valence-electron chi connectivity index (χ2n) is 6.80. The topological polar surface area (TPSA) is 73.4 Å². The minimum atomic E-state index is 0.0266. The third-order valence-corrected chi connectivity index (χ3v) is 4.86. The van der Waals surface area contributed by atoms with Gasteiger partial charge in [-0.1, -0.05) is 35.9 Å². The van der Waals surface area contributed by atoms with Gasteiger partial charge in [0, 0.05) is 37.3 Å². The molecule has 0 saturated carbocycles. The number of hydrogen-bond donors (Lipinski definition) is 0. The number of nitriles is 1. The summed E-state index contributed by atoms with van der Waals surface area (Å²) in [5, 5.41) is 9.49. The molecule has 0 atom stereocenters. The molecule has 4 rings (SSSR count). The lowest BCUT2D eigenvalue weighted by Crippen LogP contribution is -2.48. The maximum Gasteiger partial charge on any atom is 0.253 e. The zero-order chi connectivity index (χ0) is 19.5. The highest BCUT2D eigenvalue weighted by Gasteiger charge is 2.27. The van der Waals surface area contributed by atoms with Crippen LogP contribution in [0.4, 0.5) is 5.88 Å². The van der Waals surface area contributed by atoms with Crippen molar-refractivity contribution in [1.29, 1.82) is 5.26 Å². The number of aryl methyl sites for hydroxylation is 1. The molecule has 1 saturated heterocycles. The molecule has 140 valence electrons. The average molecular weight is 372 g/mol. The molecular formula is C22H20N4O2. The molecule has 0 bridgehead atoms. The van der Waals surface area contributed by atoms with Crippen LogP contribution in [0, 0.1) is 18.3 Å². The monoisotopic (exact) mass is 372 g/mol. The Morgan fingerprint density at radius 2 is 1.82 bits per heavy atom. The number of benzene rings is 2. The lowest BCUT2D eigenvalue weighted by atomic mass is 10.1. The summed E-state index contributed by atoms with van der Waals surface area (Å²) in [6.07, 6.45) is 0. The standard InChI is InChI=1S/C22H20N4O2/c1-16-6-5-9-18(14-16)20-24-19(15-23)22(28-20)26-12-10-25(11-13-26)21(27)17-7-3-2-4-8-17/h2-9,14H,10-13H2,1H3. The van der Waals surface area contributed by atoms with Crippen LogP contribution in [0.25, 0.3) is 11.5 Å². The van der Waals surface area contributed by atoms with Crippen LogP contribution in [0.15, 0.2) is 59.0 Å². The Morgan fingerprint density at radius 3 is 2.50 bits per heavy atom. The normalized spacial score (nSPS) is 14.0. The molecule has 1 aliphatic rings. The van der Waals surface area contributed by atoms with Gasteiger partial charge in [0.1, 0.15) is 6.07 Å². The first kappa shape index (κ1) is 17.8. The zero-order valence-electron chi connectivity index (χ0n) is 15.6. The van der Waals surface area contributed by atoms with Gasteiger partial charge in [0.15, 0.2) is 0 Å². The third-order valence-electron chi connectivity index (χ3n) is 4.86. The minimum absolute atomic E-state index is 0.0266. The molecule has 0 unspecified atom stereocenters. The van der Waals surface area contributed by atoms with E-state index in [1.807, 2.05) is 71.3 Å². The molecule has 6 heteroatoms. The molecular weight excluding hydrogens is 352 g/mol. The van der Waals surface area contributed by atoms with Gasteiger partial charge >= 0.3 is 0 Å². The van der Waals surface area contributed by atoms with Crippen molar-refractivity contribution in [3.63, 3.8) is 0 Å². The predicted molar refractivity (Wildman–Crippen MR) is 106 cm³/mol. The first-order valence-electron chi connectivity index (χ1n) is 9.23. The van der Waals surface area contributed by atoms with E-state index in [2.05, 4.69) is 11.1 Å². The van der Waals surface area contributed by atoms with Gasteiger partial charge in [-0.2, -0.15) is 10.2 Å². The van der Waals surface area contributed by atoms with Crippen molar-refractivity contribution in [3.8, 4) is 17.5 Å². The lowest BCUT2D eigenvalue weighted by Gasteiger charge is -2.34. The number of aromatic nitrogens is 1. The highest BCUT2D eigenvalue weighted by Crippen LogP contribution is 2.29.